The van der Waals surface area contributed by atoms with Crippen LogP contribution in [-0.2, 0) is 0 Å². The Bertz CT molecular complexity index is 862. The largest absolute Gasteiger partial charge is 0.478 e. The van der Waals surface area contributed by atoms with Crippen LogP contribution in [0.4, 0.5) is 5.69 Å². The van der Waals surface area contributed by atoms with Gasteiger partial charge in [-0.1, -0.05) is 47.5 Å². The third-order valence-electron chi connectivity index (χ3n) is 4.88. The summed E-state index contributed by atoms with van der Waals surface area (Å²) in [5.41, 5.74) is 3.11. The number of hydrogen-bond acceptors (Lipinski definition) is 2. The van der Waals surface area contributed by atoms with Crippen molar-refractivity contribution in [3.05, 3.63) is 75.3 Å². The topological polar surface area (TPSA) is 49.3 Å². The van der Waals surface area contributed by atoms with Gasteiger partial charge in [-0.05, 0) is 47.7 Å². The Morgan fingerprint density at radius 2 is 2.04 bits per heavy atom. The molecule has 0 fully saturated rings. The van der Waals surface area contributed by atoms with Crippen LogP contribution in [0.1, 0.15) is 39.9 Å². The summed E-state index contributed by atoms with van der Waals surface area (Å²) in [6, 6.07) is 11.2. The van der Waals surface area contributed by atoms with E-state index in [9.17, 15) is 9.90 Å². The van der Waals surface area contributed by atoms with Crippen LogP contribution in [0.3, 0.4) is 0 Å². The van der Waals surface area contributed by atoms with Crippen LogP contribution in [0.2, 0.25) is 10.0 Å². The highest BCUT2D eigenvalue weighted by Gasteiger charge is 2.39. The lowest BCUT2D eigenvalue weighted by atomic mass is 9.76. The minimum Gasteiger partial charge on any atom is -0.478 e. The van der Waals surface area contributed by atoms with E-state index in [0.717, 1.165) is 23.2 Å². The number of carbonyl (C=O) groups is 1. The van der Waals surface area contributed by atoms with Crippen LogP contribution in [-0.4, -0.2) is 11.1 Å². The zero-order chi connectivity index (χ0) is 16.8. The summed E-state index contributed by atoms with van der Waals surface area (Å²) in [6.45, 7) is 0. The summed E-state index contributed by atoms with van der Waals surface area (Å²) in [5.74, 6) is -0.492. The van der Waals surface area contributed by atoms with Gasteiger partial charge in [0.25, 0.3) is 0 Å². The summed E-state index contributed by atoms with van der Waals surface area (Å²) in [6.07, 6.45) is 5.25. The first-order chi connectivity index (χ1) is 11.5. The molecule has 3 atom stereocenters. The number of carboxylic acids is 1. The molecule has 0 amide bonds. The smallest absolute Gasteiger partial charge is 0.335 e. The quantitative estimate of drug-likeness (QED) is 0.694. The van der Waals surface area contributed by atoms with Crippen LogP contribution < -0.4 is 5.32 Å². The van der Waals surface area contributed by atoms with Gasteiger partial charge in [0.15, 0.2) is 0 Å². The standard InChI is InChI=1S/C19H15Cl2NO2/c20-12-4-1-3-10(7-12)17-14-6-2-5-13(14)15-8-11(19(23)24)9-16(21)18(15)22-17/h1-5,7-9,13-14,17,22H,6H2,(H,23,24)/t13-,14-,17+/m0/s1. The molecule has 2 aromatic rings. The van der Waals surface area contributed by atoms with Crippen LogP contribution in [0, 0.1) is 5.92 Å². The Morgan fingerprint density at radius 1 is 1.21 bits per heavy atom. The van der Waals surface area contributed by atoms with Crippen molar-refractivity contribution in [3.63, 3.8) is 0 Å². The normalized spacial score (nSPS) is 24.2. The van der Waals surface area contributed by atoms with Crippen molar-refractivity contribution in [2.75, 3.05) is 5.32 Å². The lowest BCUT2D eigenvalue weighted by molar-refractivity contribution is 0.0696. The third-order valence-corrected chi connectivity index (χ3v) is 5.41. The molecule has 5 heteroatoms. The van der Waals surface area contributed by atoms with Crippen LogP contribution >= 0.6 is 23.2 Å². The first-order valence-corrected chi connectivity index (χ1v) is 8.55. The molecule has 0 saturated carbocycles. The number of aromatic carboxylic acids is 1. The molecule has 0 spiro atoms. The number of allylic oxidation sites excluding steroid dienone is 2. The maximum Gasteiger partial charge on any atom is 0.335 e. The Morgan fingerprint density at radius 3 is 2.79 bits per heavy atom. The van der Waals surface area contributed by atoms with E-state index >= 15 is 0 Å². The molecule has 24 heavy (non-hydrogen) atoms. The summed E-state index contributed by atoms with van der Waals surface area (Å²) in [7, 11) is 0. The second-order valence-corrected chi connectivity index (χ2v) is 7.10. The van der Waals surface area contributed by atoms with Gasteiger partial charge < -0.3 is 10.4 Å². The van der Waals surface area contributed by atoms with E-state index in [4.69, 9.17) is 23.2 Å². The van der Waals surface area contributed by atoms with Gasteiger partial charge in [-0.25, -0.2) is 4.79 Å². The number of halogens is 2. The van der Waals surface area contributed by atoms with Crippen LogP contribution in [0.25, 0.3) is 0 Å². The van der Waals surface area contributed by atoms with E-state index in [2.05, 4.69) is 23.5 Å². The molecule has 0 unspecified atom stereocenters. The maximum absolute atomic E-state index is 11.3. The molecule has 2 aliphatic rings. The van der Waals surface area contributed by atoms with Gasteiger partial charge in [-0.2, -0.15) is 0 Å². The highest BCUT2D eigenvalue weighted by molar-refractivity contribution is 6.34. The fourth-order valence-corrected chi connectivity index (χ4v) is 4.29. The van der Waals surface area contributed by atoms with E-state index in [1.165, 1.54) is 6.07 Å². The molecule has 0 aromatic heterocycles. The van der Waals surface area contributed by atoms with Crippen molar-refractivity contribution in [3.8, 4) is 0 Å². The van der Waals surface area contributed by atoms with Crippen molar-refractivity contribution in [2.24, 2.45) is 5.92 Å². The van der Waals surface area contributed by atoms with Crippen molar-refractivity contribution in [1.29, 1.82) is 0 Å². The number of hydrogen-bond donors (Lipinski definition) is 2. The summed E-state index contributed by atoms with van der Waals surface area (Å²) in [4.78, 5) is 11.3. The summed E-state index contributed by atoms with van der Waals surface area (Å²) in [5, 5.41) is 14.0. The fraction of sp³-hybridized carbons (Fsp3) is 0.211. The Hall–Kier alpha value is -1.97. The first kappa shape index (κ1) is 15.6. The number of anilines is 1. The lowest BCUT2D eigenvalue weighted by Crippen LogP contribution is -2.29. The molecule has 122 valence electrons. The molecule has 1 heterocycles. The van der Waals surface area contributed by atoms with Gasteiger partial charge in [-0.3, -0.25) is 0 Å². The highest BCUT2D eigenvalue weighted by Crippen LogP contribution is 2.51. The van der Waals surface area contributed by atoms with Crippen molar-refractivity contribution in [2.45, 2.75) is 18.4 Å². The van der Waals surface area contributed by atoms with Crippen molar-refractivity contribution < 1.29 is 9.90 Å². The molecule has 0 saturated heterocycles. The number of carboxylic acid groups (broad SMARTS) is 1. The molecular formula is C19H15Cl2NO2. The van der Waals surface area contributed by atoms with Gasteiger partial charge in [0.2, 0.25) is 0 Å². The number of nitrogens with one attached hydrogen (secondary N) is 1. The molecule has 0 radical (unpaired) electrons. The van der Waals surface area contributed by atoms with Crippen molar-refractivity contribution >= 4 is 34.9 Å². The Balaban J connectivity index is 1.83. The second-order valence-electron chi connectivity index (χ2n) is 6.26. The monoisotopic (exact) mass is 359 g/mol. The fourth-order valence-electron chi connectivity index (χ4n) is 3.81. The third kappa shape index (κ3) is 2.48. The van der Waals surface area contributed by atoms with Crippen LogP contribution in [0.15, 0.2) is 48.6 Å². The SMILES string of the molecule is O=C(O)c1cc(Cl)c2c(c1)[C@H]1C=CC[C@@H]1[C@@H](c1cccc(Cl)c1)N2. The zero-order valence-electron chi connectivity index (χ0n) is 12.7. The van der Waals surface area contributed by atoms with E-state index in [0.29, 0.717) is 16.0 Å². The zero-order valence-corrected chi connectivity index (χ0v) is 14.2. The van der Waals surface area contributed by atoms with E-state index in [-0.39, 0.29) is 17.5 Å². The number of benzene rings is 2. The van der Waals surface area contributed by atoms with E-state index in [1.807, 2.05) is 18.2 Å². The van der Waals surface area contributed by atoms with Crippen molar-refractivity contribution in [1.82, 2.24) is 0 Å². The van der Waals surface area contributed by atoms with Gasteiger partial charge in [0.1, 0.15) is 0 Å². The number of rotatable bonds is 2. The maximum atomic E-state index is 11.3. The van der Waals surface area contributed by atoms with Gasteiger partial charge >= 0.3 is 5.97 Å². The Labute approximate surface area is 149 Å². The summed E-state index contributed by atoms with van der Waals surface area (Å²) < 4.78 is 0. The molecular weight excluding hydrogens is 345 g/mol. The molecule has 2 aromatic carbocycles. The minimum absolute atomic E-state index is 0.0874. The van der Waals surface area contributed by atoms with Gasteiger partial charge in [0, 0.05) is 10.9 Å². The molecule has 1 aliphatic carbocycles. The lowest BCUT2D eigenvalue weighted by Gasteiger charge is -2.38. The Kier molecular flexibility index (Phi) is 3.78. The highest BCUT2D eigenvalue weighted by atomic mass is 35.5. The molecule has 4 rings (SSSR count). The second kappa shape index (κ2) is 5.83. The van der Waals surface area contributed by atoms with Crippen LogP contribution in [0.5, 0.6) is 0 Å². The summed E-state index contributed by atoms with van der Waals surface area (Å²) >= 11 is 12.5. The molecule has 3 nitrogen and oxygen atoms in total. The minimum atomic E-state index is -0.963. The van der Waals surface area contributed by atoms with Gasteiger partial charge in [0.05, 0.1) is 22.3 Å². The average molecular weight is 360 g/mol. The van der Waals surface area contributed by atoms with Gasteiger partial charge in [-0.15, -0.1) is 0 Å². The molecule has 1 aliphatic heterocycles. The van der Waals surface area contributed by atoms with E-state index < -0.39 is 5.97 Å². The molecule has 2 N–H and O–H groups in total. The average Bonchev–Trinajstić information content (AvgIpc) is 3.04. The number of fused-ring (bicyclic) bond motifs is 3. The predicted octanol–water partition coefficient (Wildman–Crippen LogP) is 5.52. The first-order valence-electron chi connectivity index (χ1n) is 7.80. The predicted molar refractivity (Wildman–Crippen MR) is 96.2 cm³/mol. The van der Waals surface area contributed by atoms with E-state index in [1.54, 1.807) is 6.07 Å². The molecule has 0 bridgehead atoms.